The van der Waals surface area contributed by atoms with Gasteiger partial charge < -0.3 is 4.74 Å². The molecule has 0 radical (unpaired) electrons. The van der Waals surface area contributed by atoms with E-state index < -0.39 is 0 Å². The maximum absolute atomic E-state index is 8.53. The lowest BCUT2D eigenvalue weighted by molar-refractivity contribution is 0.368. The number of nitriles is 1. The smallest absolute Gasteiger partial charge is 0.174 e. The van der Waals surface area contributed by atoms with E-state index in [1.165, 1.54) is 6.33 Å². The van der Waals surface area contributed by atoms with Gasteiger partial charge in [0.2, 0.25) is 0 Å². The second-order valence-corrected chi connectivity index (χ2v) is 6.83. The third-order valence-corrected chi connectivity index (χ3v) is 5.05. The highest BCUT2D eigenvalue weighted by molar-refractivity contribution is 7.21. The average Bonchev–Trinajstić information content (AvgIpc) is 3.19. The minimum Gasteiger partial charge on any atom is -0.479 e. The Kier molecular flexibility index (Phi) is 5.22. The first-order valence-electron chi connectivity index (χ1n) is 8.52. The minimum absolute atomic E-state index is 0.0321. The lowest BCUT2D eigenvalue weighted by atomic mass is 10.2. The van der Waals surface area contributed by atoms with E-state index in [0.717, 1.165) is 26.2 Å². The summed E-state index contributed by atoms with van der Waals surface area (Å²) in [6.07, 6.45) is 3.24. The molecule has 0 saturated carbocycles. The SMILES string of the molecule is N#CCOc1ccc(/C=N\Nc2ncnc3sc(-c4ccccc4)cc23)cc1. The number of ether oxygens (including phenoxy) is 1. The van der Waals surface area contributed by atoms with Crippen molar-refractivity contribution in [1.29, 1.82) is 5.26 Å². The number of benzene rings is 2. The fourth-order valence-electron chi connectivity index (χ4n) is 2.62. The van der Waals surface area contributed by atoms with Crippen LogP contribution in [-0.2, 0) is 0 Å². The first kappa shape index (κ1) is 17.6. The zero-order valence-corrected chi connectivity index (χ0v) is 15.6. The molecule has 0 aliphatic heterocycles. The van der Waals surface area contributed by atoms with Crippen molar-refractivity contribution < 1.29 is 4.74 Å². The molecule has 2 heterocycles. The first-order chi connectivity index (χ1) is 13.8. The lowest BCUT2D eigenvalue weighted by Gasteiger charge is -2.02. The summed E-state index contributed by atoms with van der Waals surface area (Å²) in [5.41, 5.74) is 5.05. The molecule has 0 amide bonds. The molecule has 1 N–H and O–H groups in total. The predicted molar refractivity (Wildman–Crippen MR) is 112 cm³/mol. The number of aromatic nitrogens is 2. The summed E-state index contributed by atoms with van der Waals surface area (Å²) in [4.78, 5) is 10.7. The molecule has 136 valence electrons. The molecule has 6 nitrogen and oxygen atoms in total. The van der Waals surface area contributed by atoms with E-state index in [-0.39, 0.29) is 6.61 Å². The number of nitrogens with zero attached hydrogens (tertiary/aromatic N) is 4. The van der Waals surface area contributed by atoms with Gasteiger partial charge in [0.05, 0.1) is 11.6 Å². The summed E-state index contributed by atoms with van der Waals surface area (Å²) >= 11 is 1.62. The van der Waals surface area contributed by atoms with Crippen LogP contribution in [0.4, 0.5) is 5.82 Å². The van der Waals surface area contributed by atoms with E-state index in [4.69, 9.17) is 10.00 Å². The summed E-state index contributed by atoms with van der Waals surface area (Å²) in [7, 11) is 0. The minimum atomic E-state index is 0.0321. The van der Waals surface area contributed by atoms with Gasteiger partial charge in [0.25, 0.3) is 0 Å². The molecule has 28 heavy (non-hydrogen) atoms. The Labute approximate surface area is 165 Å². The van der Waals surface area contributed by atoms with Crippen LogP contribution in [-0.4, -0.2) is 22.8 Å². The Morgan fingerprint density at radius 2 is 1.93 bits per heavy atom. The lowest BCUT2D eigenvalue weighted by Crippen LogP contribution is -1.95. The van der Waals surface area contributed by atoms with Crippen molar-refractivity contribution in [3.8, 4) is 22.3 Å². The Balaban J connectivity index is 1.51. The van der Waals surface area contributed by atoms with Crippen LogP contribution in [0.3, 0.4) is 0 Å². The fourth-order valence-corrected chi connectivity index (χ4v) is 3.63. The normalized spacial score (nSPS) is 10.8. The fraction of sp³-hybridized carbons (Fsp3) is 0.0476. The second-order valence-electron chi connectivity index (χ2n) is 5.80. The number of hydrazone groups is 1. The van der Waals surface area contributed by atoms with Crippen LogP contribution in [0.1, 0.15) is 5.56 Å². The molecule has 0 aliphatic carbocycles. The maximum Gasteiger partial charge on any atom is 0.174 e. The van der Waals surface area contributed by atoms with Crippen LogP contribution in [0.5, 0.6) is 5.75 Å². The summed E-state index contributed by atoms with van der Waals surface area (Å²) in [5.74, 6) is 1.31. The van der Waals surface area contributed by atoms with Gasteiger partial charge in [-0.15, -0.1) is 11.3 Å². The molecule has 0 bridgehead atoms. The van der Waals surface area contributed by atoms with Crippen molar-refractivity contribution in [3.63, 3.8) is 0 Å². The topological polar surface area (TPSA) is 83.2 Å². The number of thiophene rings is 1. The molecular formula is C21H15N5OS. The molecule has 2 aromatic carbocycles. The van der Waals surface area contributed by atoms with Crippen molar-refractivity contribution in [2.75, 3.05) is 12.0 Å². The molecule has 0 saturated heterocycles. The molecular weight excluding hydrogens is 370 g/mol. The second kappa shape index (κ2) is 8.29. The van der Waals surface area contributed by atoms with Crippen LogP contribution in [0.15, 0.2) is 72.1 Å². The van der Waals surface area contributed by atoms with Crippen molar-refractivity contribution in [2.45, 2.75) is 0 Å². The van der Waals surface area contributed by atoms with Gasteiger partial charge in [-0.2, -0.15) is 10.4 Å². The van der Waals surface area contributed by atoms with Crippen LogP contribution in [0.25, 0.3) is 20.7 Å². The molecule has 4 aromatic rings. The van der Waals surface area contributed by atoms with Gasteiger partial charge in [-0.1, -0.05) is 30.3 Å². The molecule has 0 aliphatic rings. The van der Waals surface area contributed by atoms with Crippen LogP contribution >= 0.6 is 11.3 Å². The largest absolute Gasteiger partial charge is 0.479 e. The molecule has 4 rings (SSSR count). The molecule has 2 aromatic heterocycles. The third-order valence-electron chi connectivity index (χ3n) is 3.96. The Hall–Kier alpha value is -3.76. The van der Waals surface area contributed by atoms with Crippen LogP contribution in [0, 0.1) is 11.3 Å². The highest BCUT2D eigenvalue weighted by Crippen LogP contribution is 2.34. The monoisotopic (exact) mass is 385 g/mol. The Bertz CT molecular complexity index is 1150. The third kappa shape index (κ3) is 3.98. The zero-order chi connectivity index (χ0) is 19.2. The Morgan fingerprint density at radius 3 is 2.71 bits per heavy atom. The predicted octanol–water partition coefficient (Wildman–Crippen LogP) is 4.71. The van der Waals surface area contributed by atoms with Gasteiger partial charge in [0.15, 0.2) is 12.4 Å². The summed E-state index contributed by atoms with van der Waals surface area (Å²) in [6.45, 7) is 0.0321. The summed E-state index contributed by atoms with van der Waals surface area (Å²) in [6, 6.07) is 21.5. The van der Waals surface area contributed by atoms with Crippen molar-refractivity contribution in [1.82, 2.24) is 9.97 Å². The van der Waals surface area contributed by atoms with E-state index in [9.17, 15) is 0 Å². The van der Waals surface area contributed by atoms with Crippen molar-refractivity contribution in [2.24, 2.45) is 5.10 Å². The zero-order valence-electron chi connectivity index (χ0n) is 14.7. The molecule has 0 fully saturated rings. The highest BCUT2D eigenvalue weighted by Gasteiger charge is 2.09. The molecule has 0 atom stereocenters. The summed E-state index contributed by atoms with van der Waals surface area (Å²) in [5, 5.41) is 13.8. The van der Waals surface area contributed by atoms with Crippen molar-refractivity contribution in [3.05, 3.63) is 72.6 Å². The molecule has 7 heteroatoms. The number of rotatable bonds is 6. The van der Waals surface area contributed by atoms with Crippen LogP contribution in [0.2, 0.25) is 0 Å². The number of fused-ring (bicyclic) bond motifs is 1. The number of anilines is 1. The number of nitrogens with one attached hydrogen (secondary N) is 1. The van der Waals surface area contributed by atoms with Crippen LogP contribution < -0.4 is 10.2 Å². The van der Waals surface area contributed by atoms with E-state index in [2.05, 4.69) is 38.7 Å². The highest BCUT2D eigenvalue weighted by atomic mass is 32.1. The van der Waals surface area contributed by atoms with Gasteiger partial charge in [-0.3, -0.25) is 5.43 Å². The molecule has 0 unspecified atom stereocenters. The van der Waals surface area contributed by atoms with Gasteiger partial charge in [0, 0.05) is 4.88 Å². The Morgan fingerprint density at radius 1 is 1.11 bits per heavy atom. The van der Waals surface area contributed by atoms with Gasteiger partial charge in [-0.05, 0) is 41.5 Å². The van der Waals surface area contributed by atoms with E-state index in [1.807, 2.05) is 36.4 Å². The number of hydrogen-bond donors (Lipinski definition) is 1. The van der Waals surface area contributed by atoms with Gasteiger partial charge in [-0.25, -0.2) is 9.97 Å². The standard InChI is InChI=1S/C21H15N5OS/c22-10-11-27-17-8-6-15(7-9-17)13-25-26-20-18-12-19(16-4-2-1-3-5-16)28-21(18)24-14-23-20/h1-9,12-14H,11H2,(H,23,24,26)/b25-13-. The van der Waals surface area contributed by atoms with Crippen molar-refractivity contribution >= 4 is 33.6 Å². The average molecular weight is 385 g/mol. The first-order valence-corrected chi connectivity index (χ1v) is 9.34. The maximum atomic E-state index is 8.53. The quantitative estimate of drug-likeness (QED) is 0.384. The van der Waals surface area contributed by atoms with E-state index in [0.29, 0.717) is 11.6 Å². The van der Waals surface area contributed by atoms with Gasteiger partial charge in [0.1, 0.15) is 23.0 Å². The summed E-state index contributed by atoms with van der Waals surface area (Å²) < 4.78 is 5.23. The number of hydrogen-bond acceptors (Lipinski definition) is 7. The molecule has 0 spiro atoms. The van der Waals surface area contributed by atoms with E-state index >= 15 is 0 Å². The van der Waals surface area contributed by atoms with Gasteiger partial charge >= 0.3 is 0 Å². The van der Waals surface area contributed by atoms with E-state index in [1.54, 1.807) is 29.7 Å².